The van der Waals surface area contributed by atoms with E-state index in [1.807, 2.05) is 18.7 Å². The van der Waals surface area contributed by atoms with E-state index in [0.717, 1.165) is 43.7 Å². The third-order valence-corrected chi connectivity index (χ3v) is 5.41. The van der Waals surface area contributed by atoms with Crippen LogP contribution in [-0.2, 0) is 0 Å². The quantitative estimate of drug-likeness (QED) is 0.654. The summed E-state index contributed by atoms with van der Waals surface area (Å²) in [5, 5.41) is 8.72. The highest BCUT2D eigenvalue weighted by Crippen LogP contribution is 2.19. The number of aromatic nitrogens is 2. The first kappa shape index (κ1) is 23.1. The summed E-state index contributed by atoms with van der Waals surface area (Å²) in [7, 11) is 2.05. The van der Waals surface area contributed by atoms with E-state index in [4.69, 9.17) is 5.11 Å². The predicted octanol–water partition coefficient (Wildman–Crippen LogP) is 1.97. The Kier molecular flexibility index (Phi) is 7.33. The molecule has 0 aromatic carbocycles. The number of carbonyl (C=O) groups is 4. The minimum absolute atomic E-state index is 0.0300. The molecule has 2 aromatic heterocycles. The Morgan fingerprint density at radius 2 is 1.27 bits per heavy atom. The number of aromatic carboxylic acids is 1. The van der Waals surface area contributed by atoms with Crippen LogP contribution in [0.3, 0.4) is 0 Å². The molecule has 1 aliphatic heterocycles. The van der Waals surface area contributed by atoms with Crippen molar-refractivity contribution in [3.8, 4) is 0 Å². The Balaban J connectivity index is 0.000000232. The lowest BCUT2D eigenvalue weighted by atomic mass is 10.1. The normalized spacial score (nSPS) is 14.1. The van der Waals surface area contributed by atoms with E-state index in [1.165, 1.54) is 0 Å². The Bertz CT molecular complexity index is 965. The highest BCUT2D eigenvalue weighted by Gasteiger charge is 2.25. The highest BCUT2D eigenvalue weighted by molar-refractivity contribution is 5.99. The lowest BCUT2D eigenvalue weighted by Crippen LogP contribution is -2.47. The summed E-state index contributed by atoms with van der Waals surface area (Å²) in [5.41, 5.74) is 4.23. The number of aryl methyl sites for hydroxylation is 2. The van der Waals surface area contributed by atoms with E-state index in [2.05, 4.69) is 21.9 Å². The SMILES string of the molecule is Cc1[nH]c(C=O)c(C)c1C(=O)N1CCN(C)CC1.Cc1[nH]c(C=O)c(C)c1C(=O)O. The number of hydrogen-bond donors (Lipinski definition) is 3. The second-order valence-corrected chi connectivity index (χ2v) is 7.46. The molecular weight excluding hydrogens is 388 g/mol. The molecule has 3 heterocycles. The standard InChI is InChI=1S/C13H19N3O2.C8H9NO3/c1-9-11(8-17)14-10(2)12(9)13(18)16-6-4-15(3)5-7-16;1-4-6(3-10)9-5(2)7(4)8(11)12/h8,14H,4-7H2,1-3H3;3,9H,1-2H3,(H,11,12). The molecule has 9 heteroatoms. The molecule has 1 amide bonds. The predicted molar refractivity (Wildman–Crippen MR) is 112 cm³/mol. The van der Waals surface area contributed by atoms with Gasteiger partial charge >= 0.3 is 5.97 Å². The lowest BCUT2D eigenvalue weighted by Gasteiger charge is -2.32. The molecule has 1 aliphatic rings. The van der Waals surface area contributed by atoms with Crippen LogP contribution in [0.4, 0.5) is 0 Å². The van der Waals surface area contributed by atoms with Crippen LogP contribution in [0.5, 0.6) is 0 Å². The van der Waals surface area contributed by atoms with Gasteiger partial charge in [-0.25, -0.2) is 4.79 Å². The highest BCUT2D eigenvalue weighted by atomic mass is 16.4. The average molecular weight is 416 g/mol. The molecule has 0 saturated carbocycles. The molecule has 0 spiro atoms. The van der Waals surface area contributed by atoms with Gasteiger partial charge in [0, 0.05) is 37.6 Å². The summed E-state index contributed by atoms with van der Waals surface area (Å²) < 4.78 is 0. The number of hydrogen-bond acceptors (Lipinski definition) is 5. The number of piperazine rings is 1. The number of carboxylic acids is 1. The number of nitrogens with one attached hydrogen (secondary N) is 2. The fourth-order valence-corrected chi connectivity index (χ4v) is 3.59. The second kappa shape index (κ2) is 9.53. The van der Waals surface area contributed by atoms with Gasteiger partial charge < -0.3 is 24.9 Å². The topological polar surface area (TPSA) is 127 Å². The van der Waals surface area contributed by atoms with Gasteiger partial charge in [0.2, 0.25) is 0 Å². The van der Waals surface area contributed by atoms with Crippen LogP contribution in [-0.4, -0.2) is 82.5 Å². The molecule has 3 rings (SSSR count). The maximum Gasteiger partial charge on any atom is 0.337 e. The first-order chi connectivity index (χ1) is 14.1. The summed E-state index contributed by atoms with van der Waals surface area (Å²) >= 11 is 0. The Hall–Kier alpha value is -3.20. The molecule has 30 heavy (non-hydrogen) atoms. The number of rotatable bonds is 4. The van der Waals surface area contributed by atoms with Crippen LogP contribution >= 0.6 is 0 Å². The summed E-state index contributed by atoms with van der Waals surface area (Å²) in [6.07, 6.45) is 1.39. The molecule has 0 radical (unpaired) electrons. The van der Waals surface area contributed by atoms with Crippen molar-refractivity contribution in [2.45, 2.75) is 27.7 Å². The van der Waals surface area contributed by atoms with Gasteiger partial charge in [0.05, 0.1) is 22.5 Å². The van der Waals surface area contributed by atoms with Gasteiger partial charge in [-0.3, -0.25) is 14.4 Å². The first-order valence-electron chi connectivity index (χ1n) is 9.62. The van der Waals surface area contributed by atoms with Gasteiger partial charge in [-0.2, -0.15) is 0 Å². The van der Waals surface area contributed by atoms with Crippen LogP contribution < -0.4 is 0 Å². The fourth-order valence-electron chi connectivity index (χ4n) is 3.59. The molecule has 1 fully saturated rings. The van der Waals surface area contributed by atoms with Crippen molar-refractivity contribution >= 4 is 24.4 Å². The average Bonchev–Trinajstić information content (AvgIpc) is 3.16. The van der Waals surface area contributed by atoms with Crippen LogP contribution in [0.1, 0.15) is 64.2 Å². The third kappa shape index (κ3) is 4.68. The van der Waals surface area contributed by atoms with Crippen LogP contribution in [0.25, 0.3) is 0 Å². The maximum atomic E-state index is 12.4. The number of aldehydes is 2. The number of H-pyrrole nitrogens is 2. The molecule has 2 aromatic rings. The number of nitrogens with zero attached hydrogens (tertiary/aromatic N) is 2. The van der Waals surface area contributed by atoms with Gasteiger partial charge in [0.1, 0.15) is 0 Å². The van der Waals surface area contributed by atoms with E-state index in [9.17, 15) is 19.2 Å². The Morgan fingerprint density at radius 1 is 0.833 bits per heavy atom. The third-order valence-electron chi connectivity index (χ3n) is 5.41. The number of aromatic amines is 2. The lowest BCUT2D eigenvalue weighted by molar-refractivity contribution is 0.0660. The molecular formula is C21H28N4O5. The zero-order chi connectivity index (χ0) is 22.6. The Labute approximate surface area is 175 Å². The largest absolute Gasteiger partial charge is 0.478 e. The zero-order valence-electron chi connectivity index (χ0n) is 18.0. The van der Waals surface area contributed by atoms with Crippen molar-refractivity contribution in [2.24, 2.45) is 0 Å². The first-order valence-corrected chi connectivity index (χ1v) is 9.62. The maximum absolute atomic E-state index is 12.4. The second-order valence-electron chi connectivity index (χ2n) is 7.46. The van der Waals surface area contributed by atoms with Gasteiger partial charge in [0.25, 0.3) is 5.91 Å². The molecule has 1 saturated heterocycles. The van der Waals surface area contributed by atoms with Crippen molar-refractivity contribution in [2.75, 3.05) is 33.2 Å². The number of likely N-dealkylation sites (N-methyl/N-ethyl adjacent to an activating group) is 1. The van der Waals surface area contributed by atoms with Crippen LogP contribution in [0.15, 0.2) is 0 Å². The number of amides is 1. The number of carbonyl (C=O) groups excluding carboxylic acids is 3. The van der Waals surface area contributed by atoms with E-state index in [1.54, 1.807) is 13.8 Å². The van der Waals surface area contributed by atoms with Gasteiger partial charge in [-0.05, 0) is 45.9 Å². The van der Waals surface area contributed by atoms with Gasteiger partial charge in [0.15, 0.2) is 12.6 Å². The zero-order valence-corrected chi connectivity index (χ0v) is 18.0. The van der Waals surface area contributed by atoms with Crippen molar-refractivity contribution in [3.05, 3.63) is 45.0 Å². The molecule has 3 N–H and O–H groups in total. The summed E-state index contributed by atoms with van der Waals surface area (Å²) in [6, 6.07) is 0. The van der Waals surface area contributed by atoms with E-state index >= 15 is 0 Å². The van der Waals surface area contributed by atoms with E-state index in [-0.39, 0.29) is 11.5 Å². The van der Waals surface area contributed by atoms with Crippen molar-refractivity contribution in [1.82, 2.24) is 19.8 Å². The molecule has 0 unspecified atom stereocenters. The molecule has 9 nitrogen and oxygen atoms in total. The molecule has 0 bridgehead atoms. The van der Waals surface area contributed by atoms with Gasteiger partial charge in [-0.1, -0.05) is 0 Å². The molecule has 162 valence electrons. The van der Waals surface area contributed by atoms with Gasteiger partial charge in [-0.15, -0.1) is 0 Å². The monoisotopic (exact) mass is 416 g/mol. The number of carboxylic acid groups (broad SMARTS) is 1. The van der Waals surface area contributed by atoms with Crippen molar-refractivity contribution in [3.63, 3.8) is 0 Å². The van der Waals surface area contributed by atoms with E-state index in [0.29, 0.717) is 34.5 Å². The fraction of sp³-hybridized carbons (Fsp3) is 0.429. The summed E-state index contributed by atoms with van der Waals surface area (Å²) in [6.45, 7) is 10.2. The minimum atomic E-state index is -1.01. The smallest absolute Gasteiger partial charge is 0.337 e. The Morgan fingerprint density at radius 3 is 1.63 bits per heavy atom. The van der Waals surface area contributed by atoms with Crippen LogP contribution in [0, 0.1) is 27.7 Å². The van der Waals surface area contributed by atoms with Crippen molar-refractivity contribution in [1.29, 1.82) is 0 Å². The summed E-state index contributed by atoms with van der Waals surface area (Å²) in [5.74, 6) is -0.975. The van der Waals surface area contributed by atoms with E-state index < -0.39 is 5.97 Å². The molecule has 0 atom stereocenters. The van der Waals surface area contributed by atoms with Crippen molar-refractivity contribution < 1.29 is 24.3 Å². The molecule has 0 aliphatic carbocycles. The summed E-state index contributed by atoms with van der Waals surface area (Å²) in [4.78, 5) is 54.1. The van der Waals surface area contributed by atoms with Crippen LogP contribution in [0.2, 0.25) is 0 Å². The minimum Gasteiger partial charge on any atom is -0.478 e.